The van der Waals surface area contributed by atoms with Gasteiger partial charge in [0.1, 0.15) is 5.75 Å². The maximum atomic E-state index is 5.13. The second kappa shape index (κ2) is 7.86. The topological polar surface area (TPSA) is 9.23 Å². The fraction of sp³-hybridized carbons (Fsp3) is 0.286. The number of benzene rings is 1. The Hall–Kier alpha value is -1.50. The van der Waals surface area contributed by atoms with Crippen LogP contribution in [0.4, 0.5) is 0 Å². The molecule has 0 aliphatic rings. The summed E-state index contributed by atoms with van der Waals surface area (Å²) in [4.78, 5) is 0. The predicted molar refractivity (Wildman–Crippen MR) is 67.5 cm³/mol. The van der Waals surface area contributed by atoms with Crippen molar-refractivity contribution in [3.8, 4) is 5.75 Å². The van der Waals surface area contributed by atoms with Crippen LogP contribution in [0.2, 0.25) is 0 Å². The lowest BCUT2D eigenvalue weighted by Gasteiger charge is -2.03. The van der Waals surface area contributed by atoms with Gasteiger partial charge >= 0.3 is 0 Å². The molecule has 0 aliphatic carbocycles. The Morgan fingerprint density at radius 3 is 2.27 bits per heavy atom. The van der Waals surface area contributed by atoms with Gasteiger partial charge < -0.3 is 4.74 Å². The van der Waals surface area contributed by atoms with Crippen molar-refractivity contribution < 1.29 is 4.74 Å². The summed E-state index contributed by atoms with van der Waals surface area (Å²) in [6.07, 6.45) is 5.58. The van der Waals surface area contributed by atoms with E-state index >= 15 is 0 Å². The van der Waals surface area contributed by atoms with Gasteiger partial charge in [-0.1, -0.05) is 36.9 Å². The van der Waals surface area contributed by atoms with Crippen LogP contribution < -0.4 is 4.74 Å². The lowest BCUT2D eigenvalue weighted by Crippen LogP contribution is -1.86. The average Bonchev–Trinajstić information content (AvgIpc) is 2.24. The van der Waals surface area contributed by atoms with Gasteiger partial charge in [-0.15, -0.1) is 0 Å². The van der Waals surface area contributed by atoms with Crippen molar-refractivity contribution in [2.24, 2.45) is 0 Å². The molecule has 1 heteroatoms. The zero-order valence-corrected chi connectivity index (χ0v) is 10.1. The van der Waals surface area contributed by atoms with Crippen molar-refractivity contribution in [1.29, 1.82) is 0 Å². The Morgan fingerprint density at radius 2 is 1.93 bits per heavy atom. The van der Waals surface area contributed by atoms with E-state index in [0.29, 0.717) is 0 Å². The van der Waals surface area contributed by atoms with Crippen LogP contribution in [0.25, 0.3) is 0 Å². The second-order valence-electron chi connectivity index (χ2n) is 3.23. The highest BCUT2D eigenvalue weighted by atomic mass is 16.5. The number of rotatable bonds is 2. The smallest absolute Gasteiger partial charge is 0.122 e. The molecule has 0 saturated carbocycles. The molecule has 0 saturated heterocycles. The van der Waals surface area contributed by atoms with Crippen molar-refractivity contribution in [2.75, 3.05) is 7.11 Å². The summed E-state index contributed by atoms with van der Waals surface area (Å²) in [5, 5.41) is 0. The van der Waals surface area contributed by atoms with E-state index in [1.165, 1.54) is 11.1 Å². The van der Waals surface area contributed by atoms with Crippen molar-refractivity contribution in [3.63, 3.8) is 0 Å². The maximum absolute atomic E-state index is 5.13. The average molecular weight is 204 g/mol. The lowest BCUT2D eigenvalue weighted by atomic mass is 10.1. The zero-order chi connectivity index (χ0) is 11.7. The van der Waals surface area contributed by atoms with Crippen LogP contribution in [0.15, 0.2) is 43.0 Å². The van der Waals surface area contributed by atoms with E-state index in [2.05, 4.69) is 25.6 Å². The first-order chi connectivity index (χ1) is 7.15. The van der Waals surface area contributed by atoms with Gasteiger partial charge in [-0.3, -0.25) is 0 Å². The predicted octanol–water partition coefficient (Wildman–Crippen LogP) is 4.06. The van der Waals surface area contributed by atoms with Crippen LogP contribution in [0.5, 0.6) is 5.75 Å². The molecule has 0 bridgehead atoms. The molecule has 0 atom stereocenters. The Balaban J connectivity index is 0.000000336. The fourth-order valence-corrected chi connectivity index (χ4v) is 1.06. The molecule has 0 fully saturated rings. The summed E-state index contributed by atoms with van der Waals surface area (Å²) in [5.41, 5.74) is 2.43. The van der Waals surface area contributed by atoms with E-state index in [-0.39, 0.29) is 0 Å². The lowest BCUT2D eigenvalue weighted by molar-refractivity contribution is 0.411. The van der Waals surface area contributed by atoms with Crippen LogP contribution in [-0.2, 0) is 0 Å². The maximum Gasteiger partial charge on any atom is 0.122 e. The third-order valence-corrected chi connectivity index (χ3v) is 1.89. The molecular weight excluding hydrogens is 184 g/mol. The van der Waals surface area contributed by atoms with Crippen LogP contribution >= 0.6 is 0 Å². The van der Waals surface area contributed by atoms with Crippen molar-refractivity contribution in [3.05, 3.63) is 54.1 Å². The van der Waals surface area contributed by atoms with Gasteiger partial charge in [0.05, 0.1) is 7.11 Å². The molecule has 0 aromatic heterocycles. The molecule has 0 amide bonds. The zero-order valence-electron chi connectivity index (χ0n) is 10.1. The highest BCUT2D eigenvalue weighted by Crippen LogP contribution is 2.17. The summed E-state index contributed by atoms with van der Waals surface area (Å²) in [6.45, 7) is 9.52. The molecule has 15 heavy (non-hydrogen) atoms. The van der Waals surface area contributed by atoms with Crippen LogP contribution in [-0.4, -0.2) is 7.11 Å². The van der Waals surface area contributed by atoms with Gasteiger partial charge in [0.2, 0.25) is 0 Å². The first-order valence-corrected chi connectivity index (χ1v) is 5.00. The molecule has 0 heterocycles. The largest absolute Gasteiger partial charge is 0.496 e. The minimum Gasteiger partial charge on any atom is -0.496 e. The number of allylic oxidation sites excluding steroid dienone is 3. The van der Waals surface area contributed by atoms with Gasteiger partial charge in [-0.05, 0) is 38.0 Å². The first-order valence-electron chi connectivity index (χ1n) is 5.00. The minimum atomic E-state index is 0.972. The third kappa shape index (κ3) is 5.74. The van der Waals surface area contributed by atoms with Crippen molar-refractivity contribution in [1.82, 2.24) is 0 Å². The monoisotopic (exact) mass is 204 g/mol. The van der Waals surface area contributed by atoms with Gasteiger partial charge in [-0.2, -0.15) is 0 Å². The molecule has 1 aromatic rings. The van der Waals surface area contributed by atoms with E-state index in [0.717, 1.165) is 5.75 Å². The van der Waals surface area contributed by atoms with E-state index in [1.807, 2.05) is 32.1 Å². The highest BCUT2D eigenvalue weighted by Gasteiger charge is 1.94. The summed E-state index contributed by atoms with van der Waals surface area (Å²) >= 11 is 0. The standard InChI is InChI=1S/C9H12O.C5H8/c1-7-4-5-8(2)9(6-7)10-3;1-3-5-4-2/h4-6H,1-3H3;3-5H,1H2,2H3/b;5-4-. The second-order valence-corrected chi connectivity index (χ2v) is 3.23. The van der Waals surface area contributed by atoms with Crippen molar-refractivity contribution >= 4 is 0 Å². The highest BCUT2D eigenvalue weighted by molar-refractivity contribution is 5.35. The summed E-state index contributed by atoms with van der Waals surface area (Å²) < 4.78 is 5.13. The molecule has 82 valence electrons. The van der Waals surface area contributed by atoms with E-state index in [9.17, 15) is 0 Å². The van der Waals surface area contributed by atoms with E-state index in [1.54, 1.807) is 13.2 Å². The SMILES string of the molecule is C=C/C=C\C.COc1cc(C)ccc1C. The molecule has 1 aromatic carbocycles. The van der Waals surface area contributed by atoms with Gasteiger partial charge in [-0.25, -0.2) is 0 Å². The molecular formula is C14H20O. The summed E-state index contributed by atoms with van der Waals surface area (Å²) in [7, 11) is 1.70. The molecule has 0 N–H and O–H groups in total. The molecule has 1 nitrogen and oxygen atoms in total. The van der Waals surface area contributed by atoms with E-state index in [4.69, 9.17) is 4.74 Å². The quantitative estimate of drug-likeness (QED) is 0.660. The number of ether oxygens (including phenoxy) is 1. The van der Waals surface area contributed by atoms with Crippen LogP contribution in [0, 0.1) is 13.8 Å². The van der Waals surface area contributed by atoms with Gasteiger partial charge in [0.15, 0.2) is 0 Å². The Kier molecular flexibility index (Phi) is 7.08. The summed E-state index contributed by atoms with van der Waals surface area (Å²) in [5.74, 6) is 0.972. The van der Waals surface area contributed by atoms with Crippen LogP contribution in [0.3, 0.4) is 0 Å². The Bertz CT molecular complexity index is 324. The van der Waals surface area contributed by atoms with Crippen molar-refractivity contribution in [2.45, 2.75) is 20.8 Å². The molecule has 0 radical (unpaired) electrons. The Morgan fingerprint density at radius 1 is 1.27 bits per heavy atom. The minimum absolute atomic E-state index is 0.972. The summed E-state index contributed by atoms with van der Waals surface area (Å²) in [6, 6.07) is 6.18. The molecule has 1 rings (SSSR count). The van der Waals surface area contributed by atoms with E-state index < -0.39 is 0 Å². The molecule has 0 unspecified atom stereocenters. The van der Waals surface area contributed by atoms with Gasteiger partial charge in [0, 0.05) is 0 Å². The number of hydrogen-bond donors (Lipinski definition) is 0. The van der Waals surface area contributed by atoms with Gasteiger partial charge in [0.25, 0.3) is 0 Å². The third-order valence-electron chi connectivity index (χ3n) is 1.89. The van der Waals surface area contributed by atoms with Crippen LogP contribution in [0.1, 0.15) is 18.1 Å². The number of aryl methyl sites for hydroxylation is 2. The number of hydrogen-bond acceptors (Lipinski definition) is 1. The Labute approximate surface area is 93.1 Å². The fourth-order valence-electron chi connectivity index (χ4n) is 1.06. The first kappa shape index (κ1) is 13.5. The number of methoxy groups -OCH3 is 1. The normalized spacial score (nSPS) is 9.33. The molecule has 0 aliphatic heterocycles. The molecule has 0 spiro atoms.